The number of carbonyl (C=O) groups excluding carboxylic acids is 1. The van der Waals surface area contributed by atoms with Crippen LogP contribution in [0.2, 0.25) is 0 Å². The minimum Gasteiger partial charge on any atom is -0.297 e. The van der Waals surface area contributed by atoms with Gasteiger partial charge in [0.05, 0.1) is 9.65 Å². The number of hydrogen-bond acceptors (Lipinski definition) is 1. The quantitative estimate of drug-likeness (QED) is 0.719. The van der Waals surface area contributed by atoms with Crippen molar-refractivity contribution in [2.75, 3.05) is 0 Å². The number of rotatable bonds is 4. The van der Waals surface area contributed by atoms with E-state index in [2.05, 4.69) is 31.9 Å². The lowest BCUT2D eigenvalue weighted by Crippen LogP contribution is -2.22. The van der Waals surface area contributed by atoms with Crippen LogP contribution in [0.15, 0.2) is 0 Å². The van der Waals surface area contributed by atoms with Crippen LogP contribution in [0.4, 0.5) is 0 Å². The fourth-order valence-corrected chi connectivity index (χ4v) is 1.59. The molecule has 0 spiro atoms. The SMILES string of the molecule is CCC(Br)C(=O)C(Br)CC. The van der Waals surface area contributed by atoms with Crippen LogP contribution in [0.25, 0.3) is 0 Å². The summed E-state index contributed by atoms with van der Waals surface area (Å²) in [6.07, 6.45) is 1.72. The van der Waals surface area contributed by atoms with Gasteiger partial charge in [-0.05, 0) is 12.8 Å². The smallest absolute Gasteiger partial charge is 0.160 e. The molecule has 0 bridgehead atoms. The Kier molecular flexibility index (Phi) is 5.64. The third-order valence-corrected chi connectivity index (χ3v) is 3.53. The van der Waals surface area contributed by atoms with Crippen molar-refractivity contribution in [2.24, 2.45) is 0 Å². The largest absolute Gasteiger partial charge is 0.297 e. The van der Waals surface area contributed by atoms with Gasteiger partial charge in [0.25, 0.3) is 0 Å². The lowest BCUT2D eigenvalue weighted by atomic mass is 10.1. The molecule has 10 heavy (non-hydrogen) atoms. The molecule has 1 nitrogen and oxygen atoms in total. The van der Waals surface area contributed by atoms with E-state index in [0.29, 0.717) is 0 Å². The van der Waals surface area contributed by atoms with Gasteiger partial charge in [-0.1, -0.05) is 45.7 Å². The Labute approximate surface area is 78.8 Å². The average molecular weight is 272 g/mol. The summed E-state index contributed by atoms with van der Waals surface area (Å²) in [5, 5.41) is 0. The van der Waals surface area contributed by atoms with Gasteiger partial charge < -0.3 is 0 Å². The van der Waals surface area contributed by atoms with Crippen LogP contribution in [0, 0.1) is 0 Å². The van der Waals surface area contributed by atoms with Crippen LogP contribution in [-0.2, 0) is 4.79 Å². The van der Waals surface area contributed by atoms with Crippen LogP contribution < -0.4 is 0 Å². The molecule has 0 heterocycles. The fraction of sp³-hybridized carbons (Fsp3) is 0.857. The molecule has 0 radical (unpaired) electrons. The van der Waals surface area contributed by atoms with Crippen LogP contribution in [-0.4, -0.2) is 15.4 Å². The van der Waals surface area contributed by atoms with E-state index in [-0.39, 0.29) is 15.4 Å². The van der Waals surface area contributed by atoms with Crippen molar-refractivity contribution in [3.63, 3.8) is 0 Å². The van der Waals surface area contributed by atoms with Crippen molar-refractivity contribution >= 4 is 37.6 Å². The van der Waals surface area contributed by atoms with Crippen LogP contribution in [0.5, 0.6) is 0 Å². The second-order valence-corrected chi connectivity index (χ2v) is 4.36. The molecule has 2 atom stereocenters. The first-order valence-corrected chi connectivity index (χ1v) is 5.28. The van der Waals surface area contributed by atoms with Gasteiger partial charge in [-0.25, -0.2) is 0 Å². The maximum absolute atomic E-state index is 11.2. The number of halogens is 2. The third-order valence-electron chi connectivity index (χ3n) is 1.33. The van der Waals surface area contributed by atoms with Gasteiger partial charge in [0.15, 0.2) is 5.78 Å². The minimum absolute atomic E-state index is 0.0248. The summed E-state index contributed by atoms with van der Waals surface area (Å²) in [5.41, 5.74) is 0. The summed E-state index contributed by atoms with van der Waals surface area (Å²) < 4.78 is 0. The summed E-state index contributed by atoms with van der Waals surface area (Å²) in [4.78, 5) is 11.3. The van der Waals surface area contributed by atoms with Crippen LogP contribution >= 0.6 is 31.9 Å². The topological polar surface area (TPSA) is 17.1 Å². The zero-order valence-corrected chi connectivity index (χ0v) is 9.41. The van der Waals surface area contributed by atoms with Gasteiger partial charge in [0.2, 0.25) is 0 Å². The number of Topliss-reactive ketones (excluding diaryl/α,β-unsaturated/α-hetero) is 1. The predicted octanol–water partition coefficient (Wildman–Crippen LogP) is 2.90. The highest BCUT2D eigenvalue weighted by atomic mass is 79.9. The minimum atomic E-state index is 0.0248. The summed E-state index contributed by atoms with van der Waals surface area (Å²) in [5.74, 6) is 0.255. The maximum atomic E-state index is 11.2. The summed E-state index contributed by atoms with van der Waals surface area (Å²) in [6, 6.07) is 0. The van der Waals surface area contributed by atoms with E-state index in [1.54, 1.807) is 0 Å². The molecule has 0 rings (SSSR count). The Morgan fingerprint density at radius 1 is 1.20 bits per heavy atom. The normalized spacial score (nSPS) is 16.4. The molecule has 60 valence electrons. The molecular formula is C7H12Br2O. The molecule has 0 aliphatic rings. The van der Waals surface area contributed by atoms with Crippen molar-refractivity contribution in [1.82, 2.24) is 0 Å². The zero-order chi connectivity index (χ0) is 8.15. The van der Waals surface area contributed by atoms with E-state index in [9.17, 15) is 4.79 Å². The summed E-state index contributed by atoms with van der Waals surface area (Å²) in [7, 11) is 0. The predicted molar refractivity (Wildman–Crippen MR) is 51.0 cm³/mol. The third kappa shape index (κ3) is 3.15. The number of ketones is 1. The number of hydrogen-bond donors (Lipinski definition) is 0. The first-order chi connectivity index (χ1) is 4.63. The van der Waals surface area contributed by atoms with Crippen molar-refractivity contribution in [3.05, 3.63) is 0 Å². The van der Waals surface area contributed by atoms with Gasteiger partial charge in [0.1, 0.15) is 0 Å². The number of alkyl halides is 2. The molecule has 0 fully saturated rings. The van der Waals surface area contributed by atoms with Gasteiger partial charge in [0, 0.05) is 0 Å². The monoisotopic (exact) mass is 270 g/mol. The molecule has 0 aliphatic carbocycles. The Morgan fingerprint density at radius 2 is 1.50 bits per heavy atom. The van der Waals surface area contributed by atoms with E-state index in [1.807, 2.05) is 13.8 Å². The molecule has 0 aromatic heterocycles. The second kappa shape index (κ2) is 5.30. The zero-order valence-electron chi connectivity index (χ0n) is 6.23. The van der Waals surface area contributed by atoms with Crippen molar-refractivity contribution in [2.45, 2.75) is 36.3 Å². The van der Waals surface area contributed by atoms with E-state index in [4.69, 9.17) is 0 Å². The lowest BCUT2D eigenvalue weighted by Gasteiger charge is -2.08. The van der Waals surface area contributed by atoms with Gasteiger partial charge in [-0.3, -0.25) is 4.79 Å². The van der Waals surface area contributed by atoms with Crippen molar-refractivity contribution in [3.8, 4) is 0 Å². The first kappa shape index (κ1) is 10.6. The van der Waals surface area contributed by atoms with E-state index < -0.39 is 0 Å². The molecule has 0 aromatic rings. The molecule has 0 saturated heterocycles. The van der Waals surface area contributed by atoms with Gasteiger partial charge in [-0.2, -0.15) is 0 Å². The summed E-state index contributed by atoms with van der Waals surface area (Å²) in [6.45, 7) is 3.99. The fourth-order valence-electron chi connectivity index (χ4n) is 0.599. The van der Waals surface area contributed by atoms with Crippen LogP contribution in [0.3, 0.4) is 0 Å². The molecule has 0 N–H and O–H groups in total. The summed E-state index contributed by atoms with van der Waals surface area (Å²) >= 11 is 6.61. The van der Waals surface area contributed by atoms with Crippen molar-refractivity contribution < 1.29 is 4.79 Å². The first-order valence-electron chi connectivity index (χ1n) is 3.45. The second-order valence-electron chi connectivity index (χ2n) is 2.15. The van der Waals surface area contributed by atoms with Crippen molar-refractivity contribution in [1.29, 1.82) is 0 Å². The standard InChI is InChI=1S/C7H12Br2O/c1-3-5(8)7(10)6(9)4-2/h5-6H,3-4H2,1-2H3. The average Bonchev–Trinajstić information content (AvgIpc) is 2.00. The maximum Gasteiger partial charge on any atom is 0.160 e. The van der Waals surface area contributed by atoms with Gasteiger partial charge >= 0.3 is 0 Å². The van der Waals surface area contributed by atoms with E-state index >= 15 is 0 Å². The highest BCUT2D eigenvalue weighted by Gasteiger charge is 2.19. The Hall–Kier alpha value is 0.630. The molecule has 3 heteroatoms. The molecule has 0 aromatic carbocycles. The Morgan fingerprint density at radius 3 is 1.70 bits per heavy atom. The Balaban J connectivity index is 3.82. The molecule has 2 unspecified atom stereocenters. The molecule has 0 aliphatic heterocycles. The Bertz CT molecular complexity index is 102. The van der Waals surface area contributed by atoms with E-state index in [0.717, 1.165) is 12.8 Å². The van der Waals surface area contributed by atoms with E-state index in [1.165, 1.54) is 0 Å². The highest BCUT2D eigenvalue weighted by Crippen LogP contribution is 2.15. The highest BCUT2D eigenvalue weighted by molar-refractivity contribution is 9.10. The molecule has 0 saturated carbocycles. The molecule has 0 amide bonds. The van der Waals surface area contributed by atoms with Crippen LogP contribution in [0.1, 0.15) is 26.7 Å². The number of carbonyl (C=O) groups is 1. The van der Waals surface area contributed by atoms with Gasteiger partial charge in [-0.15, -0.1) is 0 Å². The molecular weight excluding hydrogens is 260 g/mol. The lowest BCUT2D eigenvalue weighted by molar-refractivity contribution is -0.117.